The first-order valence-electron chi connectivity index (χ1n) is 6.31. The van der Waals surface area contributed by atoms with Crippen LogP contribution < -0.4 is 10.1 Å². The maximum atomic E-state index is 11.6. The number of methoxy groups -OCH3 is 1. The van der Waals surface area contributed by atoms with Gasteiger partial charge in [0.2, 0.25) is 5.88 Å². The number of ether oxygens (including phenoxy) is 2. The van der Waals surface area contributed by atoms with Crippen LogP contribution in [-0.2, 0) is 4.74 Å². The van der Waals surface area contributed by atoms with E-state index in [0.29, 0.717) is 32.1 Å². The smallest absolute Gasteiger partial charge is 0.317 e. The number of likely N-dealkylation sites (tertiary alicyclic amines) is 1. The Hall–Kier alpha value is -1.82. The maximum absolute atomic E-state index is 11.6. The van der Waals surface area contributed by atoms with Crippen molar-refractivity contribution in [3.8, 4) is 5.88 Å². The Morgan fingerprint density at radius 1 is 1.53 bits per heavy atom. The Kier molecular flexibility index (Phi) is 4.57. The van der Waals surface area contributed by atoms with Crippen LogP contribution in [-0.4, -0.2) is 55.4 Å². The number of carbonyl (C=O) groups excluding carboxylic acids is 1. The number of carbonyl (C=O) groups is 1. The predicted octanol–water partition coefficient (Wildman–Crippen LogP) is 0.809. The summed E-state index contributed by atoms with van der Waals surface area (Å²) < 4.78 is 10.5. The summed E-state index contributed by atoms with van der Waals surface area (Å²) in [5, 5.41) is 2.77. The third-order valence-corrected chi connectivity index (χ3v) is 2.87. The Morgan fingerprint density at radius 2 is 2.32 bits per heavy atom. The van der Waals surface area contributed by atoms with Gasteiger partial charge in [0.1, 0.15) is 6.10 Å². The minimum Gasteiger partial charge on any atom is -0.471 e. The molecule has 6 heteroatoms. The van der Waals surface area contributed by atoms with E-state index in [0.717, 1.165) is 5.69 Å². The standard InChI is InChI=1S/C13H19N3O3/c1-10-4-3-5-12(15-10)19-11-8-16(9-11)13(17)14-6-7-18-2/h3-5,11H,6-9H2,1-2H3,(H,14,17). The molecule has 2 heterocycles. The lowest BCUT2D eigenvalue weighted by molar-refractivity contribution is 0.0407. The lowest BCUT2D eigenvalue weighted by atomic mass is 10.2. The number of hydrogen-bond donors (Lipinski definition) is 1. The topological polar surface area (TPSA) is 63.7 Å². The molecule has 1 aliphatic heterocycles. The van der Waals surface area contributed by atoms with Crippen molar-refractivity contribution in [2.45, 2.75) is 13.0 Å². The quantitative estimate of drug-likeness (QED) is 0.800. The molecule has 0 saturated carbocycles. The summed E-state index contributed by atoms with van der Waals surface area (Å²) in [6.45, 7) is 4.15. The van der Waals surface area contributed by atoms with Gasteiger partial charge in [-0.1, -0.05) is 6.07 Å². The van der Waals surface area contributed by atoms with E-state index in [1.54, 1.807) is 12.0 Å². The van der Waals surface area contributed by atoms with Gasteiger partial charge in [-0.2, -0.15) is 0 Å². The monoisotopic (exact) mass is 265 g/mol. The summed E-state index contributed by atoms with van der Waals surface area (Å²) in [5.74, 6) is 0.615. The Morgan fingerprint density at radius 3 is 3.00 bits per heavy atom. The SMILES string of the molecule is COCCNC(=O)N1CC(Oc2cccc(C)n2)C1. The number of aryl methyl sites for hydroxylation is 1. The van der Waals surface area contributed by atoms with Crippen molar-refractivity contribution in [3.05, 3.63) is 23.9 Å². The third kappa shape index (κ3) is 3.82. The van der Waals surface area contributed by atoms with Crippen LogP contribution >= 0.6 is 0 Å². The molecule has 0 spiro atoms. The third-order valence-electron chi connectivity index (χ3n) is 2.87. The highest BCUT2D eigenvalue weighted by Gasteiger charge is 2.32. The Balaban J connectivity index is 1.70. The van der Waals surface area contributed by atoms with E-state index in [1.807, 2.05) is 25.1 Å². The van der Waals surface area contributed by atoms with E-state index in [-0.39, 0.29) is 12.1 Å². The molecule has 1 aromatic rings. The van der Waals surface area contributed by atoms with Crippen LogP contribution in [0.1, 0.15) is 5.69 Å². The highest BCUT2D eigenvalue weighted by Crippen LogP contribution is 2.16. The molecule has 1 fully saturated rings. The molecule has 0 aromatic carbocycles. The largest absolute Gasteiger partial charge is 0.471 e. The van der Waals surface area contributed by atoms with Gasteiger partial charge in [0.15, 0.2) is 0 Å². The van der Waals surface area contributed by atoms with Crippen LogP contribution in [0.3, 0.4) is 0 Å². The van der Waals surface area contributed by atoms with Crippen LogP contribution in [0.2, 0.25) is 0 Å². The number of urea groups is 1. The predicted molar refractivity (Wildman–Crippen MR) is 70.2 cm³/mol. The Labute approximate surface area is 112 Å². The van der Waals surface area contributed by atoms with E-state index in [4.69, 9.17) is 9.47 Å². The second-order valence-electron chi connectivity index (χ2n) is 4.49. The van der Waals surface area contributed by atoms with Crippen LogP contribution in [0, 0.1) is 6.92 Å². The average Bonchev–Trinajstić information content (AvgIpc) is 2.33. The molecule has 1 N–H and O–H groups in total. The van der Waals surface area contributed by atoms with Crippen molar-refractivity contribution in [1.82, 2.24) is 15.2 Å². The molecular weight excluding hydrogens is 246 g/mol. The zero-order valence-electron chi connectivity index (χ0n) is 11.3. The van der Waals surface area contributed by atoms with Gasteiger partial charge < -0.3 is 19.7 Å². The van der Waals surface area contributed by atoms with Gasteiger partial charge in [0, 0.05) is 25.4 Å². The molecule has 0 unspecified atom stereocenters. The number of hydrogen-bond acceptors (Lipinski definition) is 4. The maximum Gasteiger partial charge on any atom is 0.317 e. The van der Waals surface area contributed by atoms with Crippen molar-refractivity contribution >= 4 is 6.03 Å². The van der Waals surface area contributed by atoms with E-state index in [1.165, 1.54) is 0 Å². The molecule has 1 aromatic heterocycles. The van der Waals surface area contributed by atoms with Crippen molar-refractivity contribution < 1.29 is 14.3 Å². The van der Waals surface area contributed by atoms with Gasteiger partial charge in [0.05, 0.1) is 19.7 Å². The van der Waals surface area contributed by atoms with Crippen LogP contribution in [0.15, 0.2) is 18.2 Å². The molecule has 0 aliphatic carbocycles. The zero-order chi connectivity index (χ0) is 13.7. The van der Waals surface area contributed by atoms with E-state index in [2.05, 4.69) is 10.3 Å². The fourth-order valence-corrected chi connectivity index (χ4v) is 1.80. The first-order valence-corrected chi connectivity index (χ1v) is 6.31. The number of nitrogens with zero attached hydrogens (tertiary/aromatic N) is 2. The fraction of sp³-hybridized carbons (Fsp3) is 0.538. The minimum absolute atomic E-state index is 0.0301. The summed E-state index contributed by atoms with van der Waals surface area (Å²) in [4.78, 5) is 17.6. The molecule has 19 heavy (non-hydrogen) atoms. The van der Waals surface area contributed by atoms with Crippen LogP contribution in [0.25, 0.3) is 0 Å². The molecule has 104 valence electrons. The van der Waals surface area contributed by atoms with E-state index >= 15 is 0 Å². The van der Waals surface area contributed by atoms with E-state index in [9.17, 15) is 4.79 Å². The van der Waals surface area contributed by atoms with Gasteiger partial charge in [-0.15, -0.1) is 0 Å². The Bertz CT molecular complexity index is 433. The summed E-state index contributed by atoms with van der Waals surface area (Å²) >= 11 is 0. The van der Waals surface area contributed by atoms with Crippen molar-refractivity contribution in [3.63, 3.8) is 0 Å². The summed E-state index contributed by atoms with van der Waals surface area (Å²) in [6, 6.07) is 5.58. The highest BCUT2D eigenvalue weighted by molar-refractivity contribution is 5.75. The van der Waals surface area contributed by atoms with Gasteiger partial charge in [0.25, 0.3) is 0 Å². The first-order chi connectivity index (χ1) is 9.19. The summed E-state index contributed by atoms with van der Waals surface area (Å²) in [7, 11) is 1.61. The van der Waals surface area contributed by atoms with Crippen molar-refractivity contribution in [2.75, 3.05) is 33.4 Å². The van der Waals surface area contributed by atoms with E-state index < -0.39 is 0 Å². The van der Waals surface area contributed by atoms with Crippen LogP contribution in [0.4, 0.5) is 4.79 Å². The van der Waals surface area contributed by atoms with Crippen LogP contribution in [0.5, 0.6) is 5.88 Å². The van der Waals surface area contributed by atoms with Gasteiger partial charge in [-0.3, -0.25) is 0 Å². The lowest BCUT2D eigenvalue weighted by Gasteiger charge is -2.38. The second kappa shape index (κ2) is 6.38. The van der Waals surface area contributed by atoms with Gasteiger partial charge >= 0.3 is 6.03 Å². The lowest BCUT2D eigenvalue weighted by Crippen LogP contribution is -2.59. The average molecular weight is 265 g/mol. The number of aromatic nitrogens is 1. The summed E-state index contributed by atoms with van der Waals surface area (Å²) in [6.07, 6.45) is 0.0301. The molecule has 1 saturated heterocycles. The summed E-state index contributed by atoms with van der Waals surface area (Å²) in [5.41, 5.74) is 0.922. The normalized spacial score (nSPS) is 14.9. The number of rotatable bonds is 5. The molecule has 0 bridgehead atoms. The van der Waals surface area contributed by atoms with Gasteiger partial charge in [-0.25, -0.2) is 9.78 Å². The zero-order valence-corrected chi connectivity index (χ0v) is 11.3. The van der Waals surface area contributed by atoms with Gasteiger partial charge in [-0.05, 0) is 13.0 Å². The number of amides is 2. The first kappa shape index (κ1) is 13.6. The molecule has 0 radical (unpaired) electrons. The fourth-order valence-electron chi connectivity index (χ4n) is 1.80. The minimum atomic E-state index is -0.0749. The second-order valence-corrected chi connectivity index (χ2v) is 4.49. The molecule has 6 nitrogen and oxygen atoms in total. The van der Waals surface area contributed by atoms with Crippen molar-refractivity contribution in [1.29, 1.82) is 0 Å². The molecule has 2 amide bonds. The molecule has 0 atom stereocenters. The molecule has 1 aliphatic rings. The highest BCUT2D eigenvalue weighted by atomic mass is 16.5. The molecule has 2 rings (SSSR count). The molecular formula is C13H19N3O3. The van der Waals surface area contributed by atoms with Crippen molar-refractivity contribution in [2.24, 2.45) is 0 Å². The number of nitrogens with one attached hydrogen (secondary N) is 1. The number of pyridine rings is 1.